The number of carbonyl (C=O) groups is 2. The highest BCUT2D eigenvalue weighted by molar-refractivity contribution is 5.95. The van der Waals surface area contributed by atoms with E-state index in [9.17, 15) is 18.0 Å². The number of hydrogen-bond donors (Lipinski definition) is 2. The van der Waals surface area contributed by atoms with Crippen molar-refractivity contribution < 1.29 is 27.9 Å². The molecule has 1 aromatic carbocycles. The van der Waals surface area contributed by atoms with E-state index in [2.05, 4.69) is 55.0 Å². The smallest absolute Gasteiger partial charge is 0.475 e. The molecule has 1 atom stereocenters. The van der Waals surface area contributed by atoms with E-state index in [0.717, 1.165) is 30.0 Å². The summed E-state index contributed by atoms with van der Waals surface area (Å²) in [6.07, 6.45) is -2.38. The zero-order valence-corrected chi connectivity index (χ0v) is 18.8. The van der Waals surface area contributed by atoms with Gasteiger partial charge in [-0.3, -0.25) is 9.69 Å². The average molecular weight is 454 g/mol. The van der Waals surface area contributed by atoms with Gasteiger partial charge in [0.05, 0.1) is 17.7 Å². The van der Waals surface area contributed by atoms with Crippen LogP contribution in [0.15, 0.2) is 30.6 Å². The molecule has 1 unspecified atom stereocenters. The van der Waals surface area contributed by atoms with Gasteiger partial charge in [0.15, 0.2) is 0 Å². The van der Waals surface area contributed by atoms with E-state index < -0.39 is 12.1 Å². The number of hydrogen-bond acceptors (Lipinski definition) is 4. The summed E-state index contributed by atoms with van der Waals surface area (Å²) in [5, 5.41) is 10.2. The number of fused-ring (bicyclic) bond motifs is 1. The maximum Gasteiger partial charge on any atom is 0.490 e. The Bertz CT molecular complexity index is 937. The van der Waals surface area contributed by atoms with Crippen molar-refractivity contribution in [2.45, 2.75) is 58.3 Å². The molecule has 0 saturated carbocycles. The van der Waals surface area contributed by atoms with Crippen molar-refractivity contribution in [1.29, 1.82) is 0 Å². The number of amides is 1. The summed E-state index contributed by atoms with van der Waals surface area (Å²) >= 11 is 0. The third kappa shape index (κ3) is 6.09. The molecule has 2 heterocycles. The maximum atomic E-state index is 13.1. The zero-order chi connectivity index (χ0) is 24.2. The van der Waals surface area contributed by atoms with Crippen LogP contribution in [0.1, 0.15) is 56.6 Å². The number of imidazole rings is 1. The van der Waals surface area contributed by atoms with Gasteiger partial charge in [-0.25, -0.2) is 9.78 Å². The predicted molar refractivity (Wildman–Crippen MR) is 114 cm³/mol. The number of rotatable bonds is 4. The molecule has 2 N–H and O–H groups in total. The molecule has 0 radical (unpaired) electrons. The summed E-state index contributed by atoms with van der Waals surface area (Å²) in [7, 11) is 1.97. The summed E-state index contributed by atoms with van der Waals surface area (Å²) in [4.78, 5) is 28.7. The Morgan fingerprint density at radius 1 is 1.16 bits per heavy atom. The molecule has 1 aliphatic rings. The lowest BCUT2D eigenvalue weighted by molar-refractivity contribution is -0.192. The number of carboxylic acids is 1. The van der Waals surface area contributed by atoms with Gasteiger partial charge in [-0.05, 0) is 37.5 Å². The summed E-state index contributed by atoms with van der Waals surface area (Å²) < 4.78 is 33.7. The molecule has 0 saturated heterocycles. The summed E-state index contributed by atoms with van der Waals surface area (Å²) in [6, 6.07) is 8.12. The number of alkyl halides is 3. The van der Waals surface area contributed by atoms with Crippen molar-refractivity contribution in [3.63, 3.8) is 0 Å². The highest BCUT2D eigenvalue weighted by Crippen LogP contribution is 2.31. The SMILES string of the molecule is CC(C)c1ccc(NC(=O)C2c3c(ncn3C)CCN2C(C)C)cc1.O=C(O)C(F)(F)F. The van der Waals surface area contributed by atoms with Crippen LogP contribution in [-0.2, 0) is 23.1 Å². The van der Waals surface area contributed by atoms with Crippen LogP contribution in [0.25, 0.3) is 0 Å². The molecule has 1 amide bonds. The molecule has 0 aliphatic carbocycles. The summed E-state index contributed by atoms with van der Waals surface area (Å²) in [5.74, 6) is -2.26. The van der Waals surface area contributed by atoms with E-state index in [4.69, 9.17) is 9.90 Å². The molecular formula is C22H29F3N4O3. The van der Waals surface area contributed by atoms with Crippen LogP contribution in [0.2, 0.25) is 0 Å². The Kier molecular flexibility index (Phi) is 8.06. The fourth-order valence-corrected chi connectivity index (χ4v) is 3.55. The Morgan fingerprint density at radius 2 is 1.72 bits per heavy atom. The lowest BCUT2D eigenvalue weighted by atomic mass is 9.99. The van der Waals surface area contributed by atoms with Crippen molar-refractivity contribution in [1.82, 2.24) is 14.5 Å². The minimum absolute atomic E-state index is 0.00977. The monoisotopic (exact) mass is 454 g/mol. The number of benzene rings is 1. The van der Waals surface area contributed by atoms with Gasteiger partial charge in [-0.2, -0.15) is 13.2 Å². The summed E-state index contributed by atoms with van der Waals surface area (Å²) in [6.45, 7) is 9.46. The fourth-order valence-electron chi connectivity index (χ4n) is 3.55. The highest BCUT2D eigenvalue weighted by Gasteiger charge is 2.38. The molecule has 0 bridgehead atoms. The quantitative estimate of drug-likeness (QED) is 0.726. The second-order valence-corrected chi connectivity index (χ2v) is 8.24. The van der Waals surface area contributed by atoms with E-state index in [0.29, 0.717) is 12.0 Å². The number of carboxylic acid groups (broad SMARTS) is 1. The van der Waals surface area contributed by atoms with E-state index in [1.807, 2.05) is 30.1 Å². The first kappa shape index (κ1) is 25.4. The fraction of sp³-hybridized carbons (Fsp3) is 0.500. The van der Waals surface area contributed by atoms with Gasteiger partial charge in [0.2, 0.25) is 5.91 Å². The van der Waals surface area contributed by atoms with Gasteiger partial charge in [-0.15, -0.1) is 0 Å². The zero-order valence-electron chi connectivity index (χ0n) is 18.8. The second kappa shape index (κ2) is 10.2. The van der Waals surface area contributed by atoms with Crippen LogP contribution in [-0.4, -0.2) is 50.2 Å². The number of nitrogens with zero attached hydrogens (tertiary/aromatic N) is 3. The molecular weight excluding hydrogens is 425 g/mol. The van der Waals surface area contributed by atoms with Gasteiger partial charge in [0, 0.05) is 31.7 Å². The van der Waals surface area contributed by atoms with E-state index >= 15 is 0 Å². The molecule has 32 heavy (non-hydrogen) atoms. The Hall–Kier alpha value is -2.88. The van der Waals surface area contributed by atoms with Gasteiger partial charge in [0.25, 0.3) is 0 Å². The third-order valence-corrected chi connectivity index (χ3v) is 5.26. The van der Waals surface area contributed by atoms with Crippen LogP contribution >= 0.6 is 0 Å². The minimum atomic E-state index is -5.08. The molecule has 7 nitrogen and oxygen atoms in total. The van der Waals surface area contributed by atoms with Crippen LogP contribution < -0.4 is 5.32 Å². The standard InChI is InChI=1S/C20H28N4O.C2HF3O2/c1-13(2)15-6-8-16(9-7-15)22-20(25)19-18-17(21-12-23(18)5)10-11-24(19)14(3)4;3-2(4,5)1(6)7/h6-9,12-14,19H,10-11H2,1-5H3,(H,22,25);(H,6,7). The number of carbonyl (C=O) groups excluding carboxylic acids is 1. The normalized spacial score (nSPS) is 16.4. The third-order valence-electron chi connectivity index (χ3n) is 5.26. The second-order valence-electron chi connectivity index (χ2n) is 8.24. The topological polar surface area (TPSA) is 87.5 Å². The number of aliphatic carboxylic acids is 1. The first-order chi connectivity index (χ1) is 14.8. The van der Waals surface area contributed by atoms with E-state index in [-0.39, 0.29) is 11.9 Å². The van der Waals surface area contributed by atoms with Crippen molar-refractivity contribution in [3.05, 3.63) is 47.5 Å². The Balaban J connectivity index is 0.000000451. The van der Waals surface area contributed by atoms with Crippen LogP contribution in [0.4, 0.5) is 18.9 Å². The first-order valence-electron chi connectivity index (χ1n) is 10.3. The molecule has 0 fully saturated rings. The van der Waals surface area contributed by atoms with Crippen molar-refractivity contribution in [3.8, 4) is 0 Å². The number of nitrogens with one attached hydrogen (secondary N) is 1. The number of halogens is 3. The molecule has 0 spiro atoms. The lowest BCUT2D eigenvalue weighted by Gasteiger charge is -2.37. The highest BCUT2D eigenvalue weighted by atomic mass is 19.4. The number of aromatic nitrogens is 2. The molecule has 176 valence electrons. The molecule has 1 aromatic heterocycles. The van der Waals surface area contributed by atoms with Gasteiger partial charge < -0.3 is 15.0 Å². The van der Waals surface area contributed by atoms with Crippen molar-refractivity contribution >= 4 is 17.6 Å². The lowest BCUT2D eigenvalue weighted by Crippen LogP contribution is -2.46. The maximum absolute atomic E-state index is 13.1. The average Bonchev–Trinajstić information content (AvgIpc) is 3.08. The Labute approximate surface area is 185 Å². The van der Waals surface area contributed by atoms with Crippen molar-refractivity contribution in [2.24, 2.45) is 7.05 Å². The first-order valence-corrected chi connectivity index (χ1v) is 10.3. The van der Waals surface area contributed by atoms with E-state index in [1.165, 1.54) is 5.56 Å². The van der Waals surface area contributed by atoms with Gasteiger partial charge in [0.1, 0.15) is 6.04 Å². The predicted octanol–water partition coefficient (Wildman–Crippen LogP) is 4.12. The van der Waals surface area contributed by atoms with Gasteiger partial charge in [-0.1, -0.05) is 26.0 Å². The van der Waals surface area contributed by atoms with Crippen molar-refractivity contribution in [2.75, 3.05) is 11.9 Å². The molecule has 3 rings (SSSR count). The van der Waals surface area contributed by atoms with Crippen LogP contribution in [0.5, 0.6) is 0 Å². The van der Waals surface area contributed by atoms with E-state index in [1.54, 1.807) is 0 Å². The molecule has 10 heteroatoms. The minimum Gasteiger partial charge on any atom is -0.475 e. The van der Waals surface area contributed by atoms with Gasteiger partial charge >= 0.3 is 12.1 Å². The number of aryl methyl sites for hydroxylation is 1. The van der Waals surface area contributed by atoms with Crippen LogP contribution in [0, 0.1) is 0 Å². The summed E-state index contributed by atoms with van der Waals surface area (Å²) in [5.41, 5.74) is 4.16. The molecule has 2 aromatic rings. The van der Waals surface area contributed by atoms with Crippen LogP contribution in [0.3, 0.4) is 0 Å². The molecule has 1 aliphatic heterocycles. The largest absolute Gasteiger partial charge is 0.490 e. The Morgan fingerprint density at radius 3 is 2.19 bits per heavy atom. The number of anilines is 1.